The normalized spacial score (nSPS) is 11.0. The van der Waals surface area contributed by atoms with Gasteiger partial charge in [-0.3, -0.25) is 19.7 Å². The van der Waals surface area contributed by atoms with E-state index in [1.165, 1.54) is 0 Å². The van der Waals surface area contributed by atoms with Gasteiger partial charge in [-0.25, -0.2) is 0 Å². The molecule has 7 nitrogen and oxygen atoms in total. The van der Waals surface area contributed by atoms with Gasteiger partial charge < -0.3 is 15.2 Å². The van der Waals surface area contributed by atoms with Gasteiger partial charge in [0.25, 0.3) is 0 Å². The molecule has 0 atom stereocenters. The number of ether oxygens (including phenoxy) is 1. The molecule has 21 heavy (non-hydrogen) atoms. The Morgan fingerprint density at radius 2 is 1.76 bits per heavy atom. The van der Waals surface area contributed by atoms with Crippen molar-refractivity contribution in [1.29, 1.82) is 0 Å². The Morgan fingerprint density at radius 3 is 2.24 bits per heavy atom. The van der Waals surface area contributed by atoms with Crippen LogP contribution < -0.4 is 10.6 Å². The summed E-state index contributed by atoms with van der Waals surface area (Å²) in [5.74, 6) is -1.53. The van der Waals surface area contributed by atoms with Gasteiger partial charge in [0.15, 0.2) is 0 Å². The highest BCUT2D eigenvalue weighted by Gasteiger charge is 2.34. The molecule has 0 saturated heterocycles. The first-order valence-corrected chi connectivity index (χ1v) is 7.32. The van der Waals surface area contributed by atoms with E-state index in [1.54, 1.807) is 20.8 Å². The Labute approximate surface area is 125 Å². The summed E-state index contributed by atoms with van der Waals surface area (Å²) in [4.78, 5) is 34.0. The van der Waals surface area contributed by atoms with Crippen LogP contribution in [-0.2, 0) is 19.1 Å². The van der Waals surface area contributed by atoms with E-state index in [0.717, 1.165) is 0 Å². The van der Waals surface area contributed by atoms with Crippen LogP contribution in [0.2, 0.25) is 0 Å². The molecule has 0 aromatic carbocycles. The summed E-state index contributed by atoms with van der Waals surface area (Å²) in [6.45, 7) is 5.91. The van der Waals surface area contributed by atoms with Gasteiger partial charge in [-0.05, 0) is 26.2 Å². The standard InChI is InChI=1S/C14H26N2O5/c1-4-14(5-2,13(19)20)16-10-11(17)15-9-7-8-12(18)21-6-3/h16H,4-10H2,1-3H3,(H,15,17)(H,19,20). The molecular weight excluding hydrogens is 276 g/mol. The van der Waals surface area contributed by atoms with Crippen molar-refractivity contribution < 1.29 is 24.2 Å². The Kier molecular flexibility index (Phi) is 9.36. The Balaban J connectivity index is 3.99. The number of esters is 1. The van der Waals surface area contributed by atoms with Crippen molar-refractivity contribution >= 4 is 17.8 Å². The van der Waals surface area contributed by atoms with Gasteiger partial charge in [0.2, 0.25) is 5.91 Å². The molecule has 0 aromatic rings. The summed E-state index contributed by atoms with van der Waals surface area (Å²) in [6.07, 6.45) is 1.55. The Bertz CT molecular complexity index is 353. The SMILES string of the molecule is CCOC(=O)CCCNC(=O)CNC(CC)(CC)C(=O)O. The molecule has 0 fully saturated rings. The first-order chi connectivity index (χ1) is 9.91. The highest BCUT2D eigenvalue weighted by Crippen LogP contribution is 2.14. The fourth-order valence-corrected chi connectivity index (χ4v) is 1.88. The summed E-state index contributed by atoms with van der Waals surface area (Å²) < 4.78 is 4.77. The molecule has 0 aliphatic heterocycles. The highest BCUT2D eigenvalue weighted by atomic mass is 16.5. The third kappa shape index (κ3) is 7.08. The van der Waals surface area contributed by atoms with Gasteiger partial charge in [-0.2, -0.15) is 0 Å². The summed E-state index contributed by atoms with van der Waals surface area (Å²) in [7, 11) is 0. The molecular formula is C14H26N2O5. The van der Waals surface area contributed by atoms with Crippen LogP contribution in [0.25, 0.3) is 0 Å². The molecule has 7 heteroatoms. The summed E-state index contributed by atoms with van der Waals surface area (Å²) >= 11 is 0. The third-order valence-electron chi connectivity index (χ3n) is 3.39. The Morgan fingerprint density at radius 1 is 1.14 bits per heavy atom. The van der Waals surface area contributed by atoms with Gasteiger partial charge in [-0.1, -0.05) is 13.8 Å². The number of carboxylic acids is 1. The summed E-state index contributed by atoms with van der Waals surface area (Å²) in [5, 5.41) is 14.7. The van der Waals surface area contributed by atoms with Crippen molar-refractivity contribution in [2.24, 2.45) is 0 Å². The number of hydrogen-bond acceptors (Lipinski definition) is 5. The molecule has 3 N–H and O–H groups in total. The predicted octanol–water partition coefficient (Wildman–Crippen LogP) is 0.679. The minimum atomic E-state index is -1.07. The average Bonchev–Trinajstić information content (AvgIpc) is 2.45. The smallest absolute Gasteiger partial charge is 0.323 e. The molecule has 0 bridgehead atoms. The van der Waals surface area contributed by atoms with Crippen LogP contribution in [-0.4, -0.2) is 48.2 Å². The zero-order valence-corrected chi connectivity index (χ0v) is 13.0. The van der Waals surface area contributed by atoms with Gasteiger partial charge >= 0.3 is 11.9 Å². The van der Waals surface area contributed by atoms with E-state index in [1.807, 2.05) is 0 Å². The van der Waals surface area contributed by atoms with Crippen LogP contribution in [0.3, 0.4) is 0 Å². The lowest BCUT2D eigenvalue weighted by molar-refractivity contribution is -0.146. The van der Waals surface area contributed by atoms with Crippen molar-refractivity contribution in [2.45, 2.75) is 52.0 Å². The number of carbonyl (C=O) groups excluding carboxylic acids is 2. The molecule has 0 rings (SSSR count). The van der Waals surface area contributed by atoms with Crippen LogP contribution >= 0.6 is 0 Å². The number of amides is 1. The minimum absolute atomic E-state index is 0.0621. The maximum Gasteiger partial charge on any atom is 0.323 e. The molecule has 0 aromatic heterocycles. The monoisotopic (exact) mass is 302 g/mol. The molecule has 0 spiro atoms. The molecule has 0 radical (unpaired) electrons. The average molecular weight is 302 g/mol. The number of carboxylic acid groups (broad SMARTS) is 1. The second-order valence-corrected chi connectivity index (χ2v) is 4.71. The molecule has 1 amide bonds. The second-order valence-electron chi connectivity index (χ2n) is 4.71. The summed E-state index contributed by atoms with van der Waals surface area (Å²) in [6, 6.07) is 0. The second kappa shape index (κ2) is 10.1. The Hall–Kier alpha value is -1.63. The number of aliphatic carboxylic acids is 1. The lowest BCUT2D eigenvalue weighted by Gasteiger charge is -2.27. The maximum absolute atomic E-state index is 11.6. The number of hydrogen-bond donors (Lipinski definition) is 3. The number of rotatable bonds is 11. The van der Waals surface area contributed by atoms with Gasteiger partial charge in [0.05, 0.1) is 13.2 Å². The van der Waals surface area contributed by atoms with Crippen LogP contribution in [0.5, 0.6) is 0 Å². The van der Waals surface area contributed by atoms with Crippen LogP contribution in [0.1, 0.15) is 46.5 Å². The van der Waals surface area contributed by atoms with Crippen LogP contribution in [0.4, 0.5) is 0 Å². The minimum Gasteiger partial charge on any atom is -0.480 e. The van der Waals surface area contributed by atoms with Gasteiger partial charge in [-0.15, -0.1) is 0 Å². The van der Waals surface area contributed by atoms with Crippen molar-refractivity contribution in [2.75, 3.05) is 19.7 Å². The van der Waals surface area contributed by atoms with E-state index in [0.29, 0.717) is 32.4 Å². The number of nitrogens with one attached hydrogen (secondary N) is 2. The predicted molar refractivity (Wildman–Crippen MR) is 77.8 cm³/mol. The maximum atomic E-state index is 11.6. The van der Waals surface area contributed by atoms with E-state index < -0.39 is 11.5 Å². The van der Waals surface area contributed by atoms with Gasteiger partial charge in [0.1, 0.15) is 5.54 Å². The lowest BCUT2D eigenvalue weighted by atomic mass is 9.93. The molecule has 0 aliphatic carbocycles. The molecule has 122 valence electrons. The first kappa shape index (κ1) is 19.4. The van der Waals surface area contributed by atoms with E-state index in [4.69, 9.17) is 4.74 Å². The fourth-order valence-electron chi connectivity index (χ4n) is 1.88. The first-order valence-electron chi connectivity index (χ1n) is 7.32. The summed E-state index contributed by atoms with van der Waals surface area (Å²) in [5.41, 5.74) is -1.07. The molecule has 0 aliphatic rings. The van der Waals surface area contributed by atoms with Crippen LogP contribution in [0, 0.1) is 0 Å². The third-order valence-corrected chi connectivity index (χ3v) is 3.39. The largest absolute Gasteiger partial charge is 0.480 e. The topological polar surface area (TPSA) is 105 Å². The van der Waals surface area contributed by atoms with Crippen molar-refractivity contribution in [3.63, 3.8) is 0 Å². The highest BCUT2D eigenvalue weighted by molar-refractivity contribution is 5.82. The molecule has 0 saturated carbocycles. The fraction of sp³-hybridized carbons (Fsp3) is 0.786. The number of carbonyl (C=O) groups is 3. The van der Waals surface area contributed by atoms with Crippen LogP contribution in [0.15, 0.2) is 0 Å². The van der Waals surface area contributed by atoms with Crippen molar-refractivity contribution in [1.82, 2.24) is 10.6 Å². The van der Waals surface area contributed by atoms with E-state index in [9.17, 15) is 19.5 Å². The van der Waals surface area contributed by atoms with E-state index in [2.05, 4.69) is 10.6 Å². The van der Waals surface area contributed by atoms with Gasteiger partial charge in [0, 0.05) is 13.0 Å². The molecule has 0 unspecified atom stereocenters. The lowest BCUT2D eigenvalue weighted by Crippen LogP contribution is -2.54. The zero-order chi connectivity index (χ0) is 16.3. The van der Waals surface area contributed by atoms with E-state index in [-0.39, 0.29) is 24.8 Å². The molecule has 0 heterocycles. The zero-order valence-electron chi connectivity index (χ0n) is 13.0. The quantitative estimate of drug-likeness (QED) is 0.383. The van der Waals surface area contributed by atoms with Crippen molar-refractivity contribution in [3.05, 3.63) is 0 Å². The van der Waals surface area contributed by atoms with Crippen molar-refractivity contribution in [3.8, 4) is 0 Å². The van der Waals surface area contributed by atoms with E-state index >= 15 is 0 Å².